The van der Waals surface area contributed by atoms with Crippen molar-refractivity contribution in [2.75, 3.05) is 49.1 Å². The molecule has 3 amide bonds. The minimum absolute atomic E-state index is 0.0355. The van der Waals surface area contributed by atoms with E-state index in [-0.39, 0.29) is 44.0 Å². The van der Waals surface area contributed by atoms with Crippen LogP contribution in [-0.2, 0) is 28.7 Å². The number of benzene rings is 1. The van der Waals surface area contributed by atoms with E-state index in [1.54, 1.807) is 28.9 Å². The van der Waals surface area contributed by atoms with Gasteiger partial charge in [0.2, 0.25) is 11.8 Å². The number of anilines is 2. The molecule has 6 atom stereocenters. The van der Waals surface area contributed by atoms with Crippen LogP contribution in [0.25, 0.3) is 0 Å². The normalized spacial score (nSPS) is 25.1. The second-order valence-electron chi connectivity index (χ2n) is 12.3. The van der Waals surface area contributed by atoms with E-state index >= 15 is 0 Å². The zero-order chi connectivity index (χ0) is 33.4. The smallest absolute Gasteiger partial charge is 0.312 e. The largest absolute Gasteiger partial charge is 0.460 e. The van der Waals surface area contributed by atoms with Gasteiger partial charge in [-0.25, -0.2) is 0 Å². The predicted molar refractivity (Wildman–Crippen MR) is 176 cm³/mol. The Morgan fingerprint density at radius 3 is 2.48 bits per heavy atom. The van der Waals surface area contributed by atoms with Crippen LogP contribution >= 0.6 is 0 Å². The van der Waals surface area contributed by atoms with E-state index < -0.39 is 41.7 Å². The van der Waals surface area contributed by atoms with Gasteiger partial charge in [-0.3, -0.25) is 19.2 Å². The summed E-state index contributed by atoms with van der Waals surface area (Å²) in [5.74, 6) is -3.05. The van der Waals surface area contributed by atoms with Crippen LogP contribution in [0, 0.1) is 11.8 Å². The number of esters is 1. The molecule has 1 aromatic carbocycles. The number of rotatable bonds is 18. The molecular formula is C35H50N4O7. The van der Waals surface area contributed by atoms with Gasteiger partial charge in [-0.05, 0) is 77.1 Å². The van der Waals surface area contributed by atoms with Crippen LogP contribution in [0.3, 0.4) is 0 Å². The van der Waals surface area contributed by atoms with Crippen molar-refractivity contribution >= 4 is 35.1 Å². The van der Waals surface area contributed by atoms with Crippen LogP contribution < -0.4 is 15.1 Å². The maximum atomic E-state index is 14.6. The highest BCUT2D eigenvalue weighted by molar-refractivity contribution is 6.04. The molecule has 2 bridgehead atoms. The van der Waals surface area contributed by atoms with E-state index in [4.69, 9.17) is 9.47 Å². The SMILES string of the molecule is C=CCCC(=O)NC[C@H](C)OC(=O)[C@@H]1[C@@H]2CC[C@]3(O2)[C@H](C(=O)N(CC=C)c2ccc(N(CC)CC)cc2)N(CCCCO)C(=O)[C@@H]13. The van der Waals surface area contributed by atoms with Gasteiger partial charge in [0.25, 0.3) is 5.91 Å². The average molecular weight is 639 g/mol. The van der Waals surface area contributed by atoms with Crippen molar-refractivity contribution in [3.05, 3.63) is 49.6 Å². The van der Waals surface area contributed by atoms with E-state index in [0.717, 1.165) is 18.8 Å². The quantitative estimate of drug-likeness (QED) is 0.143. The Hall–Kier alpha value is -3.70. The molecule has 11 nitrogen and oxygen atoms in total. The zero-order valence-corrected chi connectivity index (χ0v) is 27.5. The highest BCUT2D eigenvalue weighted by atomic mass is 16.6. The van der Waals surface area contributed by atoms with Gasteiger partial charge in [-0.2, -0.15) is 0 Å². The van der Waals surface area contributed by atoms with Crippen molar-refractivity contribution in [1.82, 2.24) is 10.2 Å². The number of hydrogen-bond donors (Lipinski definition) is 2. The summed E-state index contributed by atoms with van der Waals surface area (Å²) in [7, 11) is 0. The van der Waals surface area contributed by atoms with Crippen LogP contribution in [0.1, 0.15) is 59.3 Å². The minimum Gasteiger partial charge on any atom is -0.460 e. The lowest BCUT2D eigenvalue weighted by molar-refractivity contribution is -0.159. The number of amides is 3. The molecule has 11 heteroatoms. The number of aliphatic hydroxyl groups excluding tert-OH is 1. The number of fused-ring (bicyclic) bond motifs is 1. The maximum Gasteiger partial charge on any atom is 0.312 e. The summed E-state index contributed by atoms with van der Waals surface area (Å²) in [5.41, 5.74) is 0.547. The molecule has 0 radical (unpaired) electrons. The Labute approximate surface area is 272 Å². The first-order valence-electron chi connectivity index (χ1n) is 16.6. The minimum atomic E-state index is -1.18. The maximum absolute atomic E-state index is 14.6. The fourth-order valence-corrected chi connectivity index (χ4v) is 7.26. The summed E-state index contributed by atoms with van der Waals surface area (Å²) >= 11 is 0. The Kier molecular flexibility index (Phi) is 12.0. The first kappa shape index (κ1) is 35.2. The van der Waals surface area contributed by atoms with E-state index in [2.05, 4.69) is 37.2 Å². The van der Waals surface area contributed by atoms with Crippen LogP contribution in [0.15, 0.2) is 49.6 Å². The third kappa shape index (κ3) is 7.00. The number of likely N-dealkylation sites (tertiary alicyclic amines) is 1. The number of allylic oxidation sites excluding steroid dienone is 1. The fourth-order valence-electron chi connectivity index (χ4n) is 7.26. The van der Waals surface area contributed by atoms with Crippen molar-refractivity contribution < 1.29 is 33.8 Å². The molecule has 3 saturated heterocycles. The third-order valence-corrected chi connectivity index (χ3v) is 9.46. The summed E-state index contributed by atoms with van der Waals surface area (Å²) < 4.78 is 12.3. The second-order valence-corrected chi connectivity index (χ2v) is 12.3. The number of ether oxygens (including phenoxy) is 2. The Balaban J connectivity index is 1.60. The Bertz CT molecular complexity index is 1270. The molecule has 0 saturated carbocycles. The lowest BCUT2D eigenvalue weighted by atomic mass is 9.70. The van der Waals surface area contributed by atoms with Gasteiger partial charge in [-0.1, -0.05) is 12.2 Å². The molecule has 3 aliphatic heterocycles. The number of hydrogen-bond acceptors (Lipinski definition) is 8. The molecule has 0 aromatic heterocycles. The molecule has 4 rings (SSSR count). The first-order chi connectivity index (χ1) is 22.2. The van der Waals surface area contributed by atoms with Gasteiger partial charge >= 0.3 is 5.97 Å². The van der Waals surface area contributed by atoms with E-state index in [9.17, 15) is 24.3 Å². The highest BCUT2D eigenvalue weighted by Gasteiger charge is 2.75. The summed E-state index contributed by atoms with van der Waals surface area (Å²) in [6.45, 7) is 15.7. The zero-order valence-electron chi connectivity index (χ0n) is 27.5. The van der Waals surface area contributed by atoms with Gasteiger partial charge in [0.1, 0.15) is 17.7 Å². The fraction of sp³-hybridized carbons (Fsp3) is 0.600. The Morgan fingerprint density at radius 1 is 1.15 bits per heavy atom. The standard InChI is InChI=1S/C35H50N4O7/c1-6-10-13-28(41)36-23-24(5)45-34(44)29-27-18-19-35(46-27)30(29)32(42)39(21-11-12-22-40)31(35)33(43)38(20-7-2)26-16-14-25(15-17-26)37(8-3)9-4/h6-7,14-17,24,27,29-31,40H,1-2,8-13,18-23H2,3-5H3,(H,36,41)/t24-,27-,29+,30+,31-,35+/m0/s1. The number of carbonyl (C=O) groups excluding carboxylic acids is 4. The summed E-state index contributed by atoms with van der Waals surface area (Å²) in [6.07, 6.45) is 4.94. The average Bonchev–Trinajstić information content (AvgIpc) is 3.70. The van der Waals surface area contributed by atoms with Gasteiger partial charge in [-0.15, -0.1) is 13.2 Å². The first-order valence-corrected chi connectivity index (χ1v) is 16.6. The number of nitrogens with one attached hydrogen (secondary N) is 1. The molecule has 2 N–H and O–H groups in total. The van der Waals surface area contributed by atoms with Crippen LogP contribution in [0.4, 0.5) is 11.4 Å². The van der Waals surface area contributed by atoms with Crippen LogP contribution in [0.5, 0.6) is 0 Å². The molecule has 3 heterocycles. The third-order valence-electron chi connectivity index (χ3n) is 9.46. The van der Waals surface area contributed by atoms with Crippen molar-refractivity contribution in [2.45, 2.75) is 83.1 Å². The summed E-state index contributed by atoms with van der Waals surface area (Å²) in [4.78, 5) is 59.9. The van der Waals surface area contributed by atoms with E-state index in [0.29, 0.717) is 44.2 Å². The van der Waals surface area contributed by atoms with Crippen molar-refractivity contribution in [1.29, 1.82) is 0 Å². The molecular weight excluding hydrogens is 588 g/mol. The molecule has 3 aliphatic rings. The number of unbranched alkanes of at least 4 members (excludes halogenated alkanes) is 1. The lowest BCUT2D eigenvalue weighted by Gasteiger charge is -2.37. The highest BCUT2D eigenvalue weighted by Crippen LogP contribution is 2.59. The van der Waals surface area contributed by atoms with Crippen molar-refractivity contribution in [3.8, 4) is 0 Å². The molecule has 46 heavy (non-hydrogen) atoms. The number of aliphatic hydroxyl groups is 1. The molecule has 1 aromatic rings. The second kappa shape index (κ2) is 15.7. The molecule has 1 spiro atoms. The topological polar surface area (TPSA) is 129 Å². The van der Waals surface area contributed by atoms with Crippen LogP contribution in [0.2, 0.25) is 0 Å². The van der Waals surface area contributed by atoms with Crippen molar-refractivity contribution in [2.24, 2.45) is 11.8 Å². The monoisotopic (exact) mass is 638 g/mol. The Morgan fingerprint density at radius 2 is 1.85 bits per heavy atom. The number of nitrogens with zero attached hydrogens (tertiary/aromatic N) is 3. The van der Waals surface area contributed by atoms with Crippen molar-refractivity contribution in [3.63, 3.8) is 0 Å². The summed E-state index contributed by atoms with van der Waals surface area (Å²) in [5, 5.41) is 12.2. The summed E-state index contributed by atoms with van der Waals surface area (Å²) in [6, 6.07) is 6.83. The molecule has 0 aliphatic carbocycles. The number of carbonyl (C=O) groups is 4. The lowest BCUT2D eigenvalue weighted by Crippen LogP contribution is -2.56. The van der Waals surface area contributed by atoms with Gasteiger partial charge in [0.15, 0.2) is 0 Å². The molecule has 252 valence electrons. The van der Waals surface area contributed by atoms with Gasteiger partial charge < -0.3 is 34.6 Å². The van der Waals surface area contributed by atoms with Gasteiger partial charge in [0.05, 0.1) is 24.5 Å². The van der Waals surface area contributed by atoms with Crippen LogP contribution in [-0.4, -0.2) is 96.9 Å². The van der Waals surface area contributed by atoms with E-state index in [1.165, 1.54) is 0 Å². The van der Waals surface area contributed by atoms with E-state index in [1.807, 2.05) is 24.3 Å². The predicted octanol–water partition coefficient (Wildman–Crippen LogP) is 3.21. The van der Waals surface area contributed by atoms with Gasteiger partial charge in [0, 0.05) is 50.6 Å². The molecule has 3 fully saturated rings. The molecule has 0 unspecified atom stereocenters.